The number of aromatic nitrogens is 6. The summed E-state index contributed by atoms with van der Waals surface area (Å²) < 4.78 is 144. The number of aliphatic hydroxyl groups is 1. The molecule has 0 saturated carbocycles. The fraction of sp³-hybridized carbons (Fsp3) is 0.500. The molecule has 44 heteroatoms. The standard InChI is InChI=1S/C53H68ClFN6O11S.C50H62ClFN6O11S.C2HF3O.CH4/c1-34(2)72-39-27-44(45(62)15-10-36-8-11-37(12-9-36)49-35(3)58-33-73-49)61(30-39)52(64)50(53(4,5)6)60-48(63)31-70-23-22-68-19-18-66-16-17-67-20-21-69-24-25-71-47-28-40-43(29-46(47)65-7)56-32-57-51(40)59-38-13-14-42(55)41(54)26-38;1-32-46(70-31-55-32)34-9-6-33(7-10-34)8-13-42(60)41-25-36(59)28-58(41)49(62)47(50(2,3)4)57-45(61)29-68-21-20-66-17-16-64-14-15-65-18-19-67-22-23-69-44-26-37-40(27-43(44)63-5)53-30-54-48(37)56-35-11-12-39(52)38(51)24-35;3-2(4,5)1-6;/h8-9,11-14,26,28-29,32-34,39,44,50H,10,15-25,27,30-31H2,1-7H3,(H,60,63)(H,56,57,59);6-7,9-12,24,26-27,30-31,36,41,47,59H,8,13-23,25,28-29H2,1-5H3,(H,57,61)(H,53,54,56);1H;1H4/t39-,44+,50-;36-,41+,47-;;/m11../s1. The molecule has 150 heavy (non-hydrogen) atoms. The van der Waals surface area contributed by atoms with Crippen LogP contribution in [0, 0.1) is 36.3 Å². The van der Waals surface area contributed by atoms with E-state index in [4.69, 9.17) is 99.0 Å². The van der Waals surface area contributed by atoms with Crippen molar-refractivity contribution in [1.29, 1.82) is 0 Å². The van der Waals surface area contributed by atoms with Crippen molar-refractivity contribution in [2.24, 2.45) is 10.8 Å². The summed E-state index contributed by atoms with van der Waals surface area (Å²) >= 11 is 15.1. The van der Waals surface area contributed by atoms with E-state index in [0.717, 1.165) is 43.4 Å². The number of hydrogen-bond acceptors (Lipinski definition) is 33. The number of amides is 4. The Hall–Kier alpha value is -11.3. The molecule has 2 saturated heterocycles. The molecule has 0 unspecified atom stereocenters. The van der Waals surface area contributed by atoms with Crippen molar-refractivity contribution in [2.75, 3.05) is 183 Å². The minimum atomic E-state index is -4.64. The van der Waals surface area contributed by atoms with Crippen LogP contribution in [-0.2, 0) is 98.5 Å². The second-order valence-electron chi connectivity index (χ2n) is 36.9. The Kier molecular flexibility index (Phi) is 50.5. The second-order valence-corrected chi connectivity index (χ2v) is 39.4. The lowest BCUT2D eigenvalue weighted by Crippen LogP contribution is -2.57. The van der Waals surface area contributed by atoms with Crippen LogP contribution < -0.4 is 40.2 Å². The van der Waals surface area contributed by atoms with Crippen molar-refractivity contribution in [3.63, 3.8) is 0 Å². The first-order chi connectivity index (χ1) is 71.4. The maximum Gasteiger partial charge on any atom is 0.446 e. The zero-order chi connectivity index (χ0) is 108. The Labute approximate surface area is 887 Å². The number of nitrogens with one attached hydrogen (secondary N) is 4. The highest BCUT2D eigenvalue weighted by Gasteiger charge is 2.47. The number of carbonyl (C=O) groups excluding carboxylic acids is 7. The SMILES string of the molecule is C.COc1cc2ncnc(Nc3ccc(F)c(Cl)c3)c2cc1OCCOCCOCCOCCOCCOCC(=O)N[C@H](C(=O)N1C[C@H](O)C[C@H]1C(=O)CCc1ccc(-c2scnc2C)cc1)C(C)(C)C.COc1cc2ncnc(Nc3ccc(F)c(Cl)c3)c2cc1OCCOCCOCCOCCOCCOCC(=O)N[C@H](C(=O)N1C[C@H](OC(C)C)C[C@H]1C(=O)CCc1ccc(-c2scnc2C)cc1)C(C)(C)C.O=CC(F)(F)F. The molecule has 35 nitrogen and oxygen atoms in total. The number of ketones is 2. The number of alkyl halides is 3. The lowest BCUT2D eigenvalue weighted by molar-refractivity contribution is -0.156. The first-order valence-electron chi connectivity index (χ1n) is 48.6. The highest BCUT2D eigenvalue weighted by atomic mass is 35.5. The number of Topliss-reactive ketones (excluding diaryl/α,β-unsaturated/α-hetero) is 2. The van der Waals surface area contributed by atoms with Gasteiger partial charge in [-0.1, -0.05) is 121 Å². The van der Waals surface area contributed by atoms with Gasteiger partial charge in [-0.2, -0.15) is 13.2 Å². The van der Waals surface area contributed by atoms with Gasteiger partial charge in [0.25, 0.3) is 0 Å². The van der Waals surface area contributed by atoms with Crippen molar-refractivity contribution in [2.45, 2.75) is 164 Å². The minimum Gasteiger partial charge on any atom is -0.493 e. The maximum atomic E-state index is 14.3. The molecular formula is C106H135Cl2F5N12O23S2. The Morgan fingerprint density at radius 2 is 0.820 bits per heavy atom. The summed E-state index contributed by atoms with van der Waals surface area (Å²) in [6, 6.07) is 28.6. The Balaban J connectivity index is 0.000000314. The first-order valence-corrected chi connectivity index (χ1v) is 51.1. The second kappa shape index (κ2) is 62.0. The number of hydrogen-bond donors (Lipinski definition) is 5. The smallest absolute Gasteiger partial charge is 0.446 e. The van der Waals surface area contributed by atoms with Crippen LogP contribution in [0.15, 0.2) is 133 Å². The summed E-state index contributed by atoms with van der Waals surface area (Å²) in [5.41, 5.74) is 10.8. The van der Waals surface area contributed by atoms with Crippen LogP contribution in [0.4, 0.5) is 45.0 Å². The summed E-state index contributed by atoms with van der Waals surface area (Å²) in [5, 5.41) is 23.9. The Morgan fingerprint density at radius 3 is 1.15 bits per heavy atom. The molecule has 2 fully saturated rings. The number of aldehydes is 1. The molecule has 0 spiro atoms. The molecule has 6 aromatic carbocycles. The highest BCUT2D eigenvalue weighted by Crippen LogP contribution is 2.40. The van der Waals surface area contributed by atoms with Gasteiger partial charge in [-0.05, 0) is 122 Å². The van der Waals surface area contributed by atoms with Crippen LogP contribution in [0.1, 0.15) is 111 Å². The molecule has 4 aromatic heterocycles. The molecule has 818 valence electrons. The molecule has 2 aliphatic rings. The summed E-state index contributed by atoms with van der Waals surface area (Å²) in [6.45, 7) is 24.8. The molecule has 0 aliphatic carbocycles. The normalized spacial score (nSPS) is 15.0. The number of β-amino-alcohol motifs (C(OH)–C–C–N with tert-alkyl or cyclic N) is 1. The molecule has 4 amide bonds. The number of ether oxygens (including phenoxy) is 15. The fourth-order valence-corrected chi connectivity index (χ4v) is 17.7. The van der Waals surface area contributed by atoms with Crippen LogP contribution in [0.2, 0.25) is 10.0 Å². The number of fused-ring (bicyclic) bond motifs is 2. The average Bonchev–Trinajstić information content (AvgIpc) is 1.42. The summed E-state index contributed by atoms with van der Waals surface area (Å²) in [5.74, 6) is 0.0432. The van der Waals surface area contributed by atoms with Gasteiger partial charge in [-0.15, -0.1) is 22.7 Å². The lowest BCUT2D eigenvalue weighted by atomic mass is 9.85. The molecule has 6 heterocycles. The summed E-state index contributed by atoms with van der Waals surface area (Å²) in [6.07, 6.45) is -2.01. The molecule has 5 N–H and O–H groups in total. The number of thiazole rings is 2. The molecule has 0 bridgehead atoms. The predicted octanol–water partition coefficient (Wildman–Crippen LogP) is 16.3. The average molecular weight is 2180 g/mol. The molecule has 10 aromatic rings. The third-order valence-electron chi connectivity index (χ3n) is 23.1. The van der Waals surface area contributed by atoms with Crippen LogP contribution in [0.25, 0.3) is 42.7 Å². The van der Waals surface area contributed by atoms with E-state index in [9.17, 15) is 55.8 Å². The van der Waals surface area contributed by atoms with Crippen molar-refractivity contribution in [1.82, 2.24) is 50.3 Å². The Morgan fingerprint density at radius 1 is 0.473 bits per heavy atom. The predicted molar refractivity (Wildman–Crippen MR) is 560 cm³/mol. The van der Waals surface area contributed by atoms with E-state index in [1.165, 1.54) is 48.9 Å². The van der Waals surface area contributed by atoms with Crippen molar-refractivity contribution in [3.05, 3.63) is 177 Å². The molecule has 6 atom stereocenters. The van der Waals surface area contributed by atoms with Crippen LogP contribution in [-0.4, -0.2) is 308 Å². The van der Waals surface area contributed by atoms with Crippen molar-refractivity contribution < 1.29 is 132 Å². The van der Waals surface area contributed by atoms with Gasteiger partial charge in [-0.25, -0.2) is 38.7 Å². The number of rotatable bonds is 58. The molecular weight excluding hydrogens is 2040 g/mol. The quantitative estimate of drug-likeness (QED) is 0.0134. The van der Waals surface area contributed by atoms with Gasteiger partial charge >= 0.3 is 6.18 Å². The van der Waals surface area contributed by atoms with Crippen LogP contribution in [0.5, 0.6) is 23.0 Å². The topological polar surface area (TPSA) is 410 Å². The van der Waals surface area contributed by atoms with Gasteiger partial charge in [0.2, 0.25) is 29.9 Å². The third kappa shape index (κ3) is 39.7. The number of aryl methyl sites for hydroxylation is 4. The van der Waals surface area contributed by atoms with E-state index in [1.807, 2.05) is 117 Å². The summed E-state index contributed by atoms with van der Waals surface area (Å²) in [7, 11) is 3.08. The van der Waals surface area contributed by atoms with Gasteiger partial charge < -0.3 is 107 Å². The van der Waals surface area contributed by atoms with E-state index in [1.54, 1.807) is 71.1 Å². The van der Waals surface area contributed by atoms with E-state index in [2.05, 4.69) is 63.3 Å². The monoisotopic (exact) mass is 2170 g/mol. The third-order valence-corrected chi connectivity index (χ3v) is 25.7. The fourth-order valence-electron chi connectivity index (χ4n) is 15.7. The minimum absolute atomic E-state index is 0. The lowest BCUT2D eigenvalue weighted by Gasteiger charge is -2.35. The van der Waals surface area contributed by atoms with Gasteiger partial charge in [0.1, 0.15) is 74.4 Å². The van der Waals surface area contributed by atoms with E-state index in [-0.39, 0.29) is 132 Å². The van der Waals surface area contributed by atoms with Crippen LogP contribution in [0.3, 0.4) is 0 Å². The zero-order valence-electron chi connectivity index (χ0n) is 85.5. The highest BCUT2D eigenvalue weighted by molar-refractivity contribution is 7.13. The summed E-state index contributed by atoms with van der Waals surface area (Å²) in [4.78, 5) is 122. The van der Waals surface area contributed by atoms with Gasteiger partial charge in [0, 0.05) is 73.1 Å². The number of benzene rings is 6. The number of methoxy groups -OCH3 is 2. The van der Waals surface area contributed by atoms with Crippen molar-refractivity contribution >= 4 is 132 Å². The number of likely N-dealkylation sites (tertiary alicyclic amines) is 2. The first kappa shape index (κ1) is 122. The maximum absolute atomic E-state index is 14.3. The largest absolute Gasteiger partial charge is 0.493 e. The molecule has 2 aliphatic heterocycles. The number of anilines is 4. The Bertz CT molecular complexity index is 5930. The number of nitrogens with zero attached hydrogens (tertiary/aromatic N) is 8. The molecule has 0 radical (unpaired) electrons. The van der Waals surface area contributed by atoms with E-state index >= 15 is 0 Å². The van der Waals surface area contributed by atoms with Crippen LogP contribution >= 0.6 is 45.9 Å². The van der Waals surface area contributed by atoms with Gasteiger partial charge in [0.05, 0.1) is 217 Å². The zero-order valence-corrected chi connectivity index (χ0v) is 88.6. The van der Waals surface area contributed by atoms with E-state index < -0.39 is 82.9 Å². The number of halogens is 7. The van der Waals surface area contributed by atoms with Crippen molar-refractivity contribution in [3.8, 4) is 43.9 Å². The van der Waals surface area contributed by atoms with Gasteiger partial charge in [-0.3, -0.25) is 33.6 Å². The number of carbonyl (C=O) groups is 7. The number of aliphatic hydroxyl groups excluding tert-OH is 1. The van der Waals surface area contributed by atoms with E-state index in [0.29, 0.717) is 180 Å². The molecule has 12 rings (SSSR count). The van der Waals surface area contributed by atoms with Gasteiger partial charge in [0.15, 0.2) is 34.6 Å².